The minimum atomic E-state index is 0.186. The van der Waals surface area contributed by atoms with Crippen LogP contribution in [0, 0.1) is 3.57 Å². The molecule has 1 fully saturated rings. The van der Waals surface area contributed by atoms with E-state index in [9.17, 15) is 0 Å². The van der Waals surface area contributed by atoms with Gasteiger partial charge in [-0.25, -0.2) is 4.98 Å². The highest BCUT2D eigenvalue weighted by atomic mass is 127. The summed E-state index contributed by atoms with van der Waals surface area (Å²) in [6.07, 6.45) is 4.13. The van der Waals surface area contributed by atoms with Crippen LogP contribution in [0.2, 0.25) is 0 Å². The number of nitrogens with zero attached hydrogens (tertiary/aromatic N) is 1. The molecule has 0 radical (unpaired) electrons. The second kappa shape index (κ2) is 5.86. The summed E-state index contributed by atoms with van der Waals surface area (Å²) >= 11 is 2.22. The molecular formula is C12H17IN2O2. The zero-order valence-corrected chi connectivity index (χ0v) is 12.2. The van der Waals surface area contributed by atoms with E-state index >= 15 is 0 Å². The van der Waals surface area contributed by atoms with Gasteiger partial charge in [0, 0.05) is 18.8 Å². The number of halogens is 1. The summed E-state index contributed by atoms with van der Waals surface area (Å²) in [7, 11) is 1.65. The van der Waals surface area contributed by atoms with Crippen LogP contribution >= 0.6 is 22.6 Å². The zero-order valence-electron chi connectivity index (χ0n) is 10.1. The normalized spacial score (nSPS) is 24.4. The monoisotopic (exact) mass is 348 g/mol. The standard InChI is InChI=1S/C12H17IN2O2/c1-8-3-4-9(7-15-8)17-12-11(16-2)10(13)5-6-14-12/h5-6,8-9,15H,3-4,7H2,1-2H3/t8-,9-/m1/s1. The molecule has 2 heterocycles. The van der Waals surface area contributed by atoms with Gasteiger partial charge in [-0.3, -0.25) is 0 Å². The van der Waals surface area contributed by atoms with Gasteiger partial charge in [-0.05, 0) is 48.4 Å². The summed E-state index contributed by atoms with van der Waals surface area (Å²) in [6, 6.07) is 2.49. The Labute approximate surface area is 115 Å². The molecule has 17 heavy (non-hydrogen) atoms. The van der Waals surface area contributed by atoms with Crippen LogP contribution in [0.25, 0.3) is 0 Å². The Hall–Kier alpha value is -0.560. The number of hydrogen-bond donors (Lipinski definition) is 1. The van der Waals surface area contributed by atoms with Gasteiger partial charge in [0.1, 0.15) is 6.10 Å². The van der Waals surface area contributed by atoms with E-state index in [4.69, 9.17) is 9.47 Å². The molecule has 4 nitrogen and oxygen atoms in total. The molecule has 0 amide bonds. The van der Waals surface area contributed by atoms with Gasteiger partial charge in [0.2, 0.25) is 0 Å². The first-order chi connectivity index (χ1) is 8.20. The van der Waals surface area contributed by atoms with E-state index < -0.39 is 0 Å². The van der Waals surface area contributed by atoms with Crippen LogP contribution < -0.4 is 14.8 Å². The average Bonchev–Trinajstić information content (AvgIpc) is 2.32. The van der Waals surface area contributed by atoms with E-state index in [0.717, 1.165) is 28.7 Å². The van der Waals surface area contributed by atoms with E-state index in [-0.39, 0.29) is 6.10 Å². The maximum atomic E-state index is 5.90. The molecule has 1 aliphatic heterocycles. The fourth-order valence-electron chi connectivity index (χ4n) is 1.91. The van der Waals surface area contributed by atoms with Gasteiger partial charge < -0.3 is 14.8 Å². The van der Waals surface area contributed by atoms with Crippen molar-refractivity contribution >= 4 is 22.6 Å². The predicted octanol–water partition coefficient (Wildman–Crippen LogP) is 2.21. The lowest BCUT2D eigenvalue weighted by atomic mass is 10.0. The summed E-state index contributed by atoms with van der Waals surface area (Å²) in [4.78, 5) is 4.24. The van der Waals surface area contributed by atoms with E-state index in [0.29, 0.717) is 11.9 Å². The first-order valence-corrected chi connectivity index (χ1v) is 6.87. The van der Waals surface area contributed by atoms with Gasteiger partial charge in [-0.2, -0.15) is 0 Å². The largest absolute Gasteiger partial charge is 0.490 e. The SMILES string of the molecule is COc1c(I)ccnc1O[C@@H]1CC[C@@H](C)NC1. The molecule has 2 rings (SSSR count). The van der Waals surface area contributed by atoms with Crippen LogP contribution in [0.15, 0.2) is 12.3 Å². The molecule has 0 saturated carbocycles. The van der Waals surface area contributed by atoms with Crippen molar-refractivity contribution in [2.24, 2.45) is 0 Å². The molecule has 2 atom stereocenters. The predicted molar refractivity (Wildman–Crippen MR) is 74.6 cm³/mol. The van der Waals surface area contributed by atoms with Crippen LogP contribution in [0.1, 0.15) is 19.8 Å². The van der Waals surface area contributed by atoms with E-state index in [1.807, 2.05) is 6.07 Å². The van der Waals surface area contributed by atoms with Gasteiger partial charge >= 0.3 is 0 Å². The minimum absolute atomic E-state index is 0.186. The van der Waals surface area contributed by atoms with Crippen molar-refractivity contribution in [1.82, 2.24) is 10.3 Å². The molecule has 0 spiro atoms. The topological polar surface area (TPSA) is 43.4 Å². The van der Waals surface area contributed by atoms with E-state index in [1.165, 1.54) is 0 Å². The Bertz CT molecular complexity index is 379. The highest BCUT2D eigenvalue weighted by Crippen LogP contribution is 2.30. The fraction of sp³-hybridized carbons (Fsp3) is 0.583. The molecular weight excluding hydrogens is 331 g/mol. The molecule has 0 aliphatic carbocycles. The number of pyridine rings is 1. The third-order valence-electron chi connectivity index (χ3n) is 2.92. The van der Waals surface area contributed by atoms with Crippen LogP contribution in [0.4, 0.5) is 0 Å². The third kappa shape index (κ3) is 3.22. The number of rotatable bonds is 3. The number of hydrogen-bond acceptors (Lipinski definition) is 4. The smallest absolute Gasteiger partial charge is 0.258 e. The van der Waals surface area contributed by atoms with Crippen LogP contribution in [-0.2, 0) is 0 Å². The lowest BCUT2D eigenvalue weighted by Crippen LogP contribution is -2.42. The Morgan fingerprint density at radius 1 is 1.47 bits per heavy atom. The molecule has 1 aliphatic rings. The molecule has 0 aromatic carbocycles. The van der Waals surface area contributed by atoms with Gasteiger partial charge in [0.25, 0.3) is 5.88 Å². The number of nitrogens with one attached hydrogen (secondary N) is 1. The first-order valence-electron chi connectivity index (χ1n) is 5.79. The minimum Gasteiger partial charge on any atom is -0.490 e. The van der Waals surface area contributed by atoms with Gasteiger partial charge in [0.05, 0.1) is 10.7 Å². The molecule has 1 aromatic heterocycles. The van der Waals surface area contributed by atoms with Gasteiger partial charge in [-0.1, -0.05) is 0 Å². The highest BCUT2D eigenvalue weighted by Gasteiger charge is 2.21. The summed E-state index contributed by atoms with van der Waals surface area (Å²) in [5.74, 6) is 1.33. The first kappa shape index (κ1) is 12.9. The average molecular weight is 348 g/mol. The van der Waals surface area contributed by atoms with E-state index in [2.05, 4.69) is 39.8 Å². The van der Waals surface area contributed by atoms with Crippen molar-refractivity contribution < 1.29 is 9.47 Å². The van der Waals surface area contributed by atoms with Crippen LogP contribution in [-0.4, -0.2) is 30.8 Å². The molecule has 1 aromatic rings. The Kier molecular flexibility index (Phi) is 4.44. The summed E-state index contributed by atoms with van der Waals surface area (Å²) in [5.41, 5.74) is 0. The molecule has 1 saturated heterocycles. The Morgan fingerprint density at radius 2 is 2.29 bits per heavy atom. The van der Waals surface area contributed by atoms with Gasteiger partial charge in [0.15, 0.2) is 5.75 Å². The summed E-state index contributed by atoms with van der Waals surface area (Å²) in [6.45, 7) is 3.07. The van der Waals surface area contributed by atoms with Crippen molar-refractivity contribution in [3.05, 3.63) is 15.8 Å². The fourth-order valence-corrected chi connectivity index (χ4v) is 2.52. The number of ether oxygens (including phenoxy) is 2. The number of aromatic nitrogens is 1. The lowest BCUT2D eigenvalue weighted by Gasteiger charge is -2.28. The maximum Gasteiger partial charge on any atom is 0.258 e. The van der Waals surface area contributed by atoms with Crippen molar-refractivity contribution in [2.75, 3.05) is 13.7 Å². The molecule has 5 heteroatoms. The van der Waals surface area contributed by atoms with Crippen molar-refractivity contribution in [2.45, 2.75) is 31.9 Å². The van der Waals surface area contributed by atoms with Crippen LogP contribution in [0.5, 0.6) is 11.6 Å². The van der Waals surface area contributed by atoms with Crippen molar-refractivity contribution in [1.29, 1.82) is 0 Å². The second-order valence-electron chi connectivity index (χ2n) is 4.26. The van der Waals surface area contributed by atoms with Crippen molar-refractivity contribution in [3.8, 4) is 11.6 Å². The zero-order chi connectivity index (χ0) is 12.3. The summed E-state index contributed by atoms with van der Waals surface area (Å²) in [5, 5.41) is 3.41. The quantitative estimate of drug-likeness (QED) is 0.851. The Balaban J connectivity index is 2.05. The maximum absolute atomic E-state index is 5.90. The lowest BCUT2D eigenvalue weighted by molar-refractivity contribution is 0.141. The highest BCUT2D eigenvalue weighted by molar-refractivity contribution is 14.1. The summed E-state index contributed by atoms with van der Waals surface area (Å²) < 4.78 is 12.2. The molecule has 0 unspecified atom stereocenters. The second-order valence-corrected chi connectivity index (χ2v) is 5.42. The molecule has 94 valence electrons. The van der Waals surface area contributed by atoms with Crippen LogP contribution in [0.3, 0.4) is 0 Å². The third-order valence-corrected chi connectivity index (χ3v) is 3.77. The number of methoxy groups -OCH3 is 1. The van der Waals surface area contributed by atoms with E-state index in [1.54, 1.807) is 13.3 Å². The van der Waals surface area contributed by atoms with Crippen molar-refractivity contribution in [3.63, 3.8) is 0 Å². The molecule has 1 N–H and O–H groups in total. The van der Waals surface area contributed by atoms with Gasteiger partial charge in [-0.15, -0.1) is 0 Å². The molecule has 0 bridgehead atoms. The Morgan fingerprint density at radius 3 is 2.94 bits per heavy atom. The number of piperidine rings is 1.